The van der Waals surface area contributed by atoms with Crippen molar-refractivity contribution in [3.63, 3.8) is 0 Å². The molecule has 0 aromatic heterocycles. The molecule has 3 heteroatoms. The molecule has 1 nitrogen and oxygen atoms in total. The van der Waals surface area contributed by atoms with Gasteiger partial charge in [0.2, 0.25) is 0 Å². The van der Waals surface area contributed by atoms with Gasteiger partial charge in [-0.05, 0) is 36.0 Å². The summed E-state index contributed by atoms with van der Waals surface area (Å²) in [5.74, 6) is 0.105. The molecule has 1 aliphatic carbocycles. The first-order valence-electron chi connectivity index (χ1n) is 6.88. The van der Waals surface area contributed by atoms with Crippen molar-refractivity contribution in [3.05, 3.63) is 70.0 Å². The Hall–Kier alpha value is -1.38. The SMILES string of the molecule is OC(c1ccc(C2CCC2)cc1)c1cccc(Cl)c1F. The van der Waals surface area contributed by atoms with E-state index in [0.717, 1.165) is 0 Å². The highest BCUT2D eigenvalue weighted by Crippen LogP contribution is 2.37. The zero-order valence-corrected chi connectivity index (χ0v) is 11.8. The molecule has 0 heterocycles. The lowest BCUT2D eigenvalue weighted by atomic mass is 9.80. The molecule has 1 saturated carbocycles. The average molecular weight is 291 g/mol. The molecule has 1 unspecified atom stereocenters. The van der Waals surface area contributed by atoms with Gasteiger partial charge in [0, 0.05) is 5.56 Å². The van der Waals surface area contributed by atoms with Gasteiger partial charge in [-0.2, -0.15) is 0 Å². The second kappa shape index (κ2) is 5.55. The van der Waals surface area contributed by atoms with Gasteiger partial charge in [-0.3, -0.25) is 0 Å². The number of aliphatic hydroxyl groups is 1. The van der Waals surface area contributed by atoms with Crippen LogP contribution in [-0.2, 0) is 0 Å². The summed E-state index contributed by atoms with van der Waals surface area (Å²) in [5.41, 5.74) is 2.21. The standard InChI is InChI=1S/C17H16ClFO/c18-15-6-2-5-14(16(15)19)17(20)13-9-7-12(8-10-13)11-3-1-4-11/h2,5-11,17,20H,1,3-4H2. The second-order valence-electron chi connectivity index (χ2n) is 5.34. The predicted octanol–water partition coefficient (Wildman–Crippen LogP) is 4.83. The molecule has 2 aromatic rings. The maximum Gasteiger partial charge on any atom is 0.147 e. The number of halogens is 2. The topological polar surface area (TPSA) is 20.2 Å². The number of benzene rings is 2. The van der Waals surface area contributed by atoms with E-state index in [2.05, 4.69) is 0 Å². The van der Waals surface area contributed by atoms with Gasteiger partial charge in [-0.15, -0.1) is 0 Å². The first-order valence-corrected chi connectivity index (χ1v) is 7.26. The summed E-state index contributed by atoms with van der Waals surface area (Å²) < 4.78 is 13.9. The van der Waals surface area contributed by atoms with E-state index in [4.69, 9.17) is 11.6 Å². The monoisotopic (exact) mass is 290 g/mol. The smallest absolute Gasteiger partial charge is 0.147 e. The third-order valence-corrected chi connectivity index (χ3v) is 4.40. The molecule has 3 rings (SSSR count). The Morgan fingerprint density at radius 3 is 2.40 bits per heavy atom. The van der Waals surface area contributed by atoms with Crippen LogP contribution in [0.15, 0.2) is 42.5 Å². The molecule has 1 fully saturated rings. The molecule has 0 amide bonds. The molecule has 0 spiro atoms. The van der Waals surface area contributed by atoms with Crippen LogP contribution in [0.4, 0.5) is 4.39 Å². The molecular weight excluding hydrogens is 275 g/mol. The minimum atomic E-state index is -0.982. The predicted molar refractivity (Wildman–Crippen MR) is 78.5 cm³/mol. The zero-order valence-electron chi connectivity index (χ0n) is 11.0. The van der Waals surface area contributed by atoms with Crippen molar-refractivity contribution in [2.75, 3.05) is 0 Å². The highest BCUT2D eigenvalue weighted by Gasteiger charge is 2.21. The van der Waals surface area contributed by atoms with Crippen LogP contribution in [0.5, 0.6) is 0 Å². The Kier molecular flexibility index (Phi) is 3.77. The largest absolute Gasteiger partial charge is 0.384 e. The summed E-state index contributed by atoms with van der Waals surface area (Å²) in [6.45, 7) is 0. The van der Waals surface area contributed by atoms with E-state index in [1.54, 1.807) is 12.1 Å². The zero-order chi connectivity index (χ0) is 14.1. The Morgan fingerprint density at radius 1 is 1.10 bits per heavy atom. The van der Waals surface area contributed by atoms with Crippen LogP contribution in [0.25, 0.3) is 0 Å². The van der Waals surface area contributed by atoms with E-state index in [1.807, 2.05) is 24.3 Å². The van der Waals surface area contributed by atoms with Crippen LogP contribution in [-0.4, -0.2) is 5.11 Å². The van der Waals surface area contributed by atoms with Crippen molar-refractivity contribution in [1.82, 2.24) is 0 Å². The van der Waals surface area contributed by atoms with Gasteiger partial charge in [0.15, 0.2) is 0 Å². The van der Waals surface area contributed by atoms with Crippen LogP contribution in [0.1, 0.15) is 48.0 Å². The molecule has 0 radical (unpaired) electrons. The highest BCUT2D eigenvalue weighted by molar-refractivity contribution is 6.30. The van der Waals surface area contributed by atoms with Crippen LogP contribution >= 0.6 is 11.6 Å². The van der Waals surface area contributed by atoms with Gasteiger partial charge in [0.1, 0.15) is 11.9 Å². The molecule has 1 N–H and O–H groups in total. The number of hydrogen-bond acceptors (Lipinski definition) is 1. The summed E-state index contributed by atoms with van der Waals surface area (Å²) in [6, 6.07) is 12.5. The maximum atomic E-state index is 13.9. The highest BCUT2D eigenvalue weighted by atomic mass is 35.5. The Bertz CT molecular complexity index is 605. The molecule has 0 aliphatic heterocycles. The molecule has 1 atom stereocenters. The molecule has 104 valence electrons. The molecule has 1 aliphatic rings. The summed E-state index contributed by atoms with van der Waals surface area (Å²) in [7, 11) is 0. The first kappa shape index (κ1) is 13.6. The van der Waals surface area contributed by atoms with Crippen LogP contribution in [0.3, 0.4) is 0 Å². The fourth-order valence-electron chi connectivity index (χ4n) is 2.60. The lowest BCUT2D eigenvalue weighted by Crippen LogP contribution is -2.09. The minimum absolute atomic E-state index is 0.0349. The van der Waals surface area contributed by atoms with Gasteiger partial charge >= 0.3 is 0 Å². The third kappa shape index (κ3) is 2.46. The van der Waals surface area contributed by atoms with Crippen molar-refractivity contribution in [3.8, 4) is 0 Å². The summed E-state index contributed by atoms with van der Waals surface area (Å²) in [6.07, 6.45) is 2.79. The maximum absolute atomic E-state index is 13.9. The summed E-state index contributed by atoms with van der Waals surface area (Å²) in [4.78, 5) is 0. The van der Waals surface area contributed by atoms with Gasteiger partial charge in [-0.25, -0.2) is 4.39 Å². The number of hydrogen-bond donors (Lipinski definition) is 1. The Balaban J connectivity index is 1.86. The van der Waals surface area contributed by atoms with Crippen molar-refractivity contribution in [1.29, 1.82) is 0 Å². The second-order valence-corrected chi connectivity index (χ2v) is 5.75. The molecule has 0 saturated heterocycles. The van der Waals surface area contributed by atoms with Crippen molar-refractivity contribution in [2.45, 2.75) is 31.3 Å². The van der Waals surface area contributed by atoms with Crippen molar-refractivity contribution in [2.24, 2.45) is 0 Å². The van der Waals surface area contributed by atoms with Gasteiger partial charge in [-0.1, -0.05) is 54.4 Å². The molecular formula is C17H16ClFO. The van der Waals surface area contributed by atoms with Crippen molar-refractivity contribution >= 4 is 11.6 Å². The first-order chi connectivity index (χ1) is 9.66. The lowest BCUT2D eigenvalue weighted by Gasteiger charge is -2.26. The number of aliphatic hydroxyl groups excluding tert-OH is 1. The fourth-order valence-corrected chi connectivity index (χ4v) is 2.79. The van der Waals surface area contributed by atoms with Gasteiger partial charge < -0.3 is 5.11 Å². The third-order valence-electron chi connectivity index (χ3n) is 4.10. The fraction of sp³-hybridized carbons (Fsp3) is 0.294. The van der Waals surface area contributed by atoms with Crippen LogP contribution in [0, 0.1) is 5.82 Å². The van der Waals surface area contributed by atoms with E-state index in [9.17, 15) is 9.50 Å². The Labute approximate surface area is 123 Å². The van der Waals surface area contributed by atoms with Crippen LogP contribution in [0.2, 0.25) is 5.02 Å². The summed E-state index contributed by atoms with van der Waals surface area (Å²) >= 11 is 5.75. The minimum Gasteiger partial charge on any atom is -0.384 e. The van der Waals surface area contributed by atoms with E-state index in [-0.39, 0.29) is 10.6 Å². The van der Waals surface area contributed by atoms with Gasteiger partial charge in [0.25, 0.3) is 0 Å². The van der Waals surface area contributed by atoms with E-state index >= 15 is 0 Å². The number of rotatable bonds is 3. The van der Waals surface area contributed by atoms with Crippen molar-refractivity contribution < 1.29 is 9.50 Å². The van der Waals surface area contributed by atoms with E-state index in [1.165, 1.54) is 30.9 Å². The van der Waals surface area contributed by atoms with Gasteiger partial charge in [0.05, 0.1) is 5.02 Å². The van der Waals surface area contributed by atoms with Crippen LogP contribution < -0.4 is 0 Å². The van der Waals surface area contributed by atoms with E-state index in [0.29, 0.717) is 11.5 Å². The average Bonchev–Trinajstić information content (AvgIpc) is 2.40. The lowest BCUT2D eigenvalue weighted by molar-refractivity contribution is 0.215. The van der Waals surface area contributed by atoms with E-state index < -0.39 is 11.9 Å². The molecule has 0 bridgehead atoms. The molecule has 2 aromatic carbocycles. The normalized spacial score (nSPS) is 16.8. The quantitative estimate of drug-likeness (QED) is 0.858. The molecule has 20 heavy (non-hydrogen) atoms. The Morgan fingerprint density at radius 2 is 1.80 bits per heavy atom. The summed E-state index contributed by atoms with van der Waals surface area (Å²) in [5, 5.41) is 10.3.